The first-order valence-electron chi connectivity index (χ1n) is 10.8. The predicted molar refractivity (Wildman–Crippen MR) is 123 cm³/mol. The zero-order valence-corrected chi connectivity index (χ0v) is 18.2. The fourth-order valence-electron chi connectivity index (χ4n) is 4.29. The Bertz CT molecular complexity index is 1410. The number of imidazole rings is 1. The van der Waals surface area contributed by atoms with Crippen molar-refractivity contribution < 1.29 is 14.6 Å². The molecule has 33 heavy (non-hydrogen) atoms. The first-order valence-corrected chi connectivity index (χ1v) is 10.8. The van der Waals surface area contributed by atoms with Gasteiger partial charge in [-0.1, -0.05) is 30.3 Å². The highest BCUT2D eigenvalue weighted by atomic mass is 16.5. The maximum absolute atomic E-state index is 13.0. The lowest BCUT2D eigenvalue weighted by Gasteiger charge is -2.14. The summed E-state index contributed by atoms with van der Waals surface area (Å²) in [6.07, 6.45) is 1.77. The van der Waals surface area contributed by atoms with Gasteiger partial charge in [-0.25, -0.2) is 9.78 Å². The van der Waals surface area contributed by atoms with Crippen molar-refractivity contribution >= 4 is 11.2 Å². The maximum Gasteiger partial charge on any atom is 0.330 e. The largest absolute Gasteiger partial charge is 0.504 e. The van der Waals surface area contributed by atoms with Gasteiger partial charge >= 0.3 is 5.69 Å². The van der Waals surface area contributed by atoms with Gasteiger partial charge in [-0.15, -0.1) is 0 Å². The van der Waals surface area contributed by atoms with E-state index in [0.29, 0.717) is 41.5 Å². The summed E-state index contributed by atoms with van der Waals surface area (Å²) in [6, 6.07) is 14.4. The highest BCUT2D eigenvalue weighted by Gasteiger charge is 2.24. The summed E-state index contributed by atoms with van der Waals surface area (Å²) in [5.41, 5.74) is 1.15. The van der Waals surface area contributed by atoms with Crippen LogP contribution in [0.4, 0.5) is 0 Å². The Morgan fingerprint density at radius 3 is 2.73 bits per heavy atom. The number of hydrogen-bond donors (Lipinski definition) is 2. The minimum atomic E-state index is -0.520. The van der Waals surface area contributed by atoms with E-state index in [0.717, 1.165) is 18.4 Å². The molecule has 9 nitrogen and oxygen atoms in total. The Balaban J connectivity index is 1.74. The van der Waals surface area contributed by atoms with Crippen LogP contribution >= 0.6 is 0 Å². The molecule has 4 aromatic rings. The van der Waals surface area contributed by atoms with Crippen LogP contribution in [0.1, 0.15) is 18.4 Å². The SMILES string of the molecule is COc1cc(-c2nc3c(c(=O)[nH]c(=O)n3Cc3ccccc3)n2C[C@@H]2CCCO2)ccc1O. The van der Waals surface area contributed by atoms with Crippen LogP contribution in [-0.2, 0) is 17.8 Å². The van der Waals surface area contributed by atoms with Crippen LogP contribution in [0.2, 0.25) is 0 Å². The number of methoxy groups -OCH3 is 1. The second kappa shape index (κ2) is 8.59. The normalized spacial score (nSPS) is 15.8. The Kier molecular flexibility index (Phi) is 5.47. The topological polar surface area (TPSA) is 111 Å². The third kappa shape index (κ3) is 3.91. The van der Waals surface area contributed by atoms with Crippen molar-refractivity contribution in [1.29, 1.82) is 0 Å². The van der Waals surface area contributed by atoms with Gasteiger partial charge in [0.05, 0.1) is 26.3 Å². The molecule has 2 aromatic heterocycles. The lowest BCUT2D eigenvalue weighted by Crippen LogP contribution is -2.32. The van der Waals surface area contributed by atoms with Crippen molar-refractivity contribution in [3.63, 3.8) is 0 Å². The van der Waals surface area contributed by atoms with Gasteiger partial charge in [-0.05, 0) is 36.6 Å². The third-order valence-electron chi connectivity index (χ3n) is 5.92. The van der Waals surface area contributed by atoms with Crippen molar-refractivity contribution in [2.45, 2.75) is 32.0 Å². The van der Waals surface area contributed by atoms with Gasteiger partial charge in [-0.3, -0.25) is 14.3 Å². The first kappa shape index (κ1) is 21.0. The number of aromatic amines is 1. The molecule has 0 saturated carbocycles. The number of aromatic hydroxyl groups is 1. The number of nitrogens with zero attached hydrogens (tertiary/aromatic N) is 3. The van der Waals surface area contributed by atoms with Crippen LogP contribution in [0.15, 0.2) is 58.1 Å². The minimum Gasteiger partial charge on any atom is -0.504 e. The quantitative estimate of drug-likeness (QED) is 0.469. The molecule has 1 aliphatic rings. The molecular formula is C24H24N4O5. The van der Waals surface area contributed by atoms with E-state index in [2.05, 4.69) is 4.98 Å². The fraction of sp³-hybridized carbons (Fsp3) is 0.292. The maximum atomic E-state index is 13.0. The molecule has 0 amide bonds. The summed E-state index contributed by atoms with van der Waals surface area (Å²) >= 11 is 0. The highest BCUT2D eigenvalue weighted by Crippen LogP contribution is 2.32. The van der Waals surface area contributed by atoms with E-state index < -0.39 is 11.2 Å². The van der Waals surface area contributed by atoms with Gasteiger partial charge in [0.2, 0.25) is 0 Å². The number of benzene rings is 2. The number of phenolic OH excluding ortho intramolecular Hbond substituents is 1. The van der Waals surface area contributed by atoms with E-state index in [1.54, 1.807) is 16.7 Å². The van der Waals surface area contributed by atoms with E-state index >= 15 is 0 Å². The Hall–Kier alpha value is -3.85. The molecule has 1 atom stereocenters. The molecule has 2 aromatic carbocycles. The van der Waals surface area contributed by atoms with Crippen molar-refractivity contribution in [1.82, 2.24) is 19.1 Å². The molecule has 5 rings (SSSR count). The van der Waals surface area contributed by atoms with Gasteiger partial charge in [0.15, 0.2) is 22.7 Å². The zero-order chi connectivity index (χ0) is 22.9. The zero-order valence-electron chi connectivity index (χ0n) is 18.2. The van der Waals surface area contributed by atoms with Crippen LogP contribution < -0.4 is 16.0 Å². The monoisotopic (exact) mass is 448 g/mol. The molecule has 0 spiro atoms. The fourth-order valence-corrected chi connectivity index (χ4v) is 4.29. The lowest BCUT2D eigenvalue weighted by molar-refractivity contribution is 0.0982. The Labute approximate surface area is 188 Å². The third-order valence-corrected chi connectivity index (χ3v) is 5.92. The molecule has 1 saturated heterocycles. The Morgan fingerprint density at radius 1 is 1.18 bits per heavy atom. The Morgan fingerprint density at radius 2 is 2.00 bits per heavy atom. The second-order valence-corrected chi connectivity index (χ2v) is 8.07. The summed E-state index contributed by atoms with van der Waals surface area (Å²) in [6.45, 7) is 1.36. The lowest BCUT2D eigenvalue weighted by atomic mass is 10.1. The van der Waals surface area contributed by atoms with E-state index in [-0.39, 0.29) is 18.4 Å². The average molecular weight is 448 g/mol. The van der Waals surface area contributed by atoms with E-state index in [4.69, 9.17) is 14.5 Å². The van der Waals surface area contributed by atoms with Gasteiger partial charge < -0.3 is 19.1 Å². The smallest absolute Gasteiger partial charge is 0.330 e. The summed E-state index contributed by atoms with van der Waals surface area (Å²) in [7, 11) is 1.47. The van der Waals surface area contributed by atoms with Crippen molar-refractivity contribution in [3.8, 4) is 22.9 Å². The molecule has 9 heteroatoms. The second-order valence-electron chi connectivity index (χ2n) is 8.07. The number of rotatable bonds is 6. The van der Waals surface area contributed by atoms with Crippen molar-refractivity contribution in [3.05, 3.63) is 74.9 Å². The molecule has 1 fully saturated rings. The van der Waals surface area contributed by atoms with Gasteiger partial charge in [0.25, 0.3) is 5.56 Å². The summed E-state index contributed by atoms with van der Waals surface area (Å²) in [4.78, 5) is 33.0. The molecule has 2 N–H and O–H groups in total. The first-order chi connectivity index (χ1) is 16.0. The van der Waals surface area contributed by atoms with E-state index in [9.17, 15) is 14.7 Å². The number of nitrogens with one attached hydrogen (secondary N) is 1. The highest BCUT2D eigenvalue weighted by molar-refractivity contribution is 5.77. The molecular weight excluding hydrogens is 424 g/mol. The molecule has 1 aliphatic heterocycles. The van der Waals surface area contributed by atoms with Gasteiger partial charge in [0, 0.05) is 12.2 Å². The molecule has 170 valence electrons. The number of ether oxygens (including phenoxy) is 2. The molecule has 0 aliphatic carbocycles. The van der Waals surface area contributed by atoms with E-state index in [1.165, 1.54) is 17.7 Å². The molecule has 0 radical (unpaired) electrons. The predicted octanol–water partition coefficient (Wildman–Crippen LogP) is 2.49. The van der Waals surface area contributed by atoms with Gasteiger partial charge in [-0.2, -0.15) is 0 Å². The summed E-state index contributed by atoms with van der Waals surface area (Å²) < 4.78 is 14.4. The van der Waals surface area contributed by atoms with Crippen molar-refractivity contribution in [2.24, 2.45) is 0 Å². The number of fused-ring (bicyclic) bond motifs is 1. The molecule has 3 heterocycles. The number of hydrogen-bond acceptors (Lipinski definition) is 6. The minimum absolute atomic E-state index is 0.00173. The summed E-state index contributed by atoms with van der Waals surface area (Å²) in [5, 5.41) is 10.0. The van der Waals surface area contributed by atoms with Crippen LogP contribution in [0.5, 0.6) is 11.5 Å². The van der Waals surface area contributed by atoms with Gasteiger partial charge in [0.1, 0.15) is 5.82 Å². The van der Waals surface area contributed by atoms with E-state index in [1.807, 2.05) is 30.3 Å². The van der Waals surface area contributed by atoms with Crippen LogP contribution in [0.25, 0.3) is 22.6 Å². The molecule has 0 bridgehead atoms. The average Bonchev–Trinajstić information content (AvgIpc) is 3.46. The number of aromatic nitrogens is 4. The van der Waals surface area contributed by atoms with Crippen molar-refractivity contribution in [2.75, 3.05) is 13.7 Å². The van der Waals surface area contributed by atoms with Crippen LogP contribution in [-0.4, -0.2) is 44.0 Å². The summed E-state index contributed by atoms with van der Waals surface area (Å²) in [5.74, 6) is 0.789. The molecule has 0 unspecified atom stereocenters. The number of H-pyrrole nitrogens is 1. The standard InChI is InChI=1S/C24H24N4O5/c1-32-19-12-16(9-10-18(19)29)21-25-22-20(27(21)14-17-8-5-11-33-17)23(30)26-24(31)28(22)13-15-6-3-2-4-7-15/h2-4,6-7,9-10,12,17,29H,5,8,11,13-14H2,1H3,(H,26,30,31)/t17-/m0/s1. The van der Waals surface area contributed by atoms with Crippen LogP contribution in [0.3, 0.4) is 0 Å². The van der Waals surface area contributed by atoms with Crippen LogP contribution in [0, 0.1) is 0 Å². The number of phenols is 1.